The molecule has 0 saturated carbocycles. The number of carbonyl (C=O) groups is 1. The monoisotopic (exact) mass is 337 g/mol. The van der Waals surface area contributed by atoms with Gasteiger partial charge in [-0.1, -0.05) is 34.8 Å². The molecular formula is C12H10Cl3NO4. The van der Waals surface area contributed by atoms with Gasteiger partial charge < -0.3 is 14.3 Å². The van der Waals surface area contributed by atoms with Gasteiger partial charge in [-0.3, -0.25) is 0 Å². The maximum Gasteiger partial charge on any atom is 0.349 e. The number of hydrogen-bond donors (Lipinski definition) is 1. The predicted octanol–water partition coefficient (Wildman–Crippen LogP) is 3.15. The molecule has 1 aromatic rings. The lowest BCUT2D eigenvalue weighted by atomic mass is 10.2. The lowest BCUT2D eigenvalue weighted by Gasteiger charge is -2.16. The van der Waals surface area contributed by atoms with E-state index in [2.05, 4.69) is 0 Å². The molecule has 0 saturated heterocycles. The molecule has 20 heavy (non-hydrogen) atoms. The van der Waals surface area contributed by atoms with Crippen LogP contribution in [0.4, 0.5) is 0 Å². The number of hydrogen-bond acceptors (Lipinski definition) is 5. The second-order valence-electron chi connectivity index (χ2n) is 3.57. The molecule has 1 atom stereocenters. The zero-order valence-corrected chi connectivity index (χ0v) is 12.5. The minimum absolute atomic E-state index is 0.00241. The topological polar surface area (TPSA) is 83.5 Å². The van der Waals surface area contributed by atoms with Crippen LogP contribution >= 0.6 is 34.8 Å². The van der Waals surface area contributed by atoms with Gasteiger partial charge in [-0.15, -0.1) is 0 Å². The maximum absolute atomic E-state index is 11.4. The van der Waals surface area contributed by atoms with E-state index in [1.54, 1.807) is 13.0 Å². The van der Waals surface area contributed by atoms with Crippen LogP contribution in [-0.2, 0) is 9.53 Å². The van der Waals surface area contributed by atoms with Gasteiger partial charge in [0, 0.05) is 6.08 Å². The molecule has 0 aliphatic carbocycles. The van der Waals surface area contributed by atoms with Crippen LogP contribution in [0, 0.1) is 11.3 Å². The summed E-state index contributed by atoms with van der Waals surface area (Å²) in [5.41, 5.74) is -0.240. The number of halogens is 3. The van der Waals surface area contributed by atoms with E-state index < -0.39 is 15.9 Å². The lowest BCUT2D eigenvalue weighted by Crippen LogP contribution is -2.15. The zero-order valence-electron chi connectivity index (χ0n) is 10.3. The Balaban J connectivity index is 2.97. The zero-order chi connectivity index (χ0) is 15.3. The predicted molar refractivity (Wildman–Crippen MR) is 74.2 cm³/mol. The van der Waals surface area contributed by atoms with E-state index in [0.29, 0.717) is 0 Å². The molecule has 0 unspecified atom stereocenters. The van der Waals surface area contributed by atoms with Crippen molar-refractivity contribution in [1.29, 1.82) is 5.26 Å². The van der Waals surface area contributed by atoms with E-state index in [-0.39, 0.29) is 23.7 Å². The van der Waals surface area contributed by atoms with Crippen molar-refractivity contribution in [2.45, 2.75) is 16.8 Å². The molecule has 0 aliphatic heterocycles. The number of aliphatic hydroxyl groups excluding tert-OH is 1. The van der Waals surface area contributed by atoms with E-state index in [9.17, 15) is 9.90 Å². The fourth-order valence-electron chi connectivity index (χ4n) is 1.24. The standard InChI is InChI=1S/C12H10Cl3NO4/c1-2-19-11(18)7(6-16)5-8-3-4-9(20-8)10(17)12(13,14)15/h3-5,10,17H,2H2,1H3/b7-5-/t10-/m0/s1. The molecule has 8 heteroatoms. The van der Waals surface area contributed by atoms with Crippen LogP contribution < -0.4 is 0 Å². The van der Waals surface area contributed by atoms with Gasteiger partial charge in [0.1, 0.15) is 23.2 Å². The highest BCUT2D eigenvalue weighted by Gasteiger charge is 2.34. The first-order valence-electron chi connectivity index (χ1n) is 5.43. The van der Waals surface area contributed by atoms with Crippen molar-refractivity contribution in [3.8, 4) is 6.07 Å². The Kier molecular flexibility index (Phi) is 5.90. The second-order valence-corrected chi connectivity index (χ2v) is 5.94. The molecule has 1 N–H and O–H groups in total. The van der Waals surface area contributed by atoms with Crippen molar-refractivity contribution in [3.05, 3.63) is 29.2 Å². The number of alkyl halides is 3. The summed E-state index contributed by atoms with van der Waals surface area (Å²) in [4.78, 5) is 11.4. The number of esters is 1. The van der Waals surface area contributed by atoms with Crippen molar-refractivity contribution in [3.63, 3.8) is 0 Å². The van der Waals surface area contributed by atoms with Gasteiger partial charge in [0.05, 0.1) is 6.61 Å². The fourth-order valence-corrected chi connectivity index (χ4v) is 1.56. The van der Waals surface area contributed by atoms with E-state index in [1.165, 1.54) is 18.2 Å². The molecule has 1 aromatic heterocycles. The third-order valence-corrected chi connectivity index (χ3v) is 2.75. The summed E-state index contributed by atoms with van der Waals surface area (Å²) in [5.74, 6) is -0.620. The van der Waals surface area contributed by atoms with Crippen molar-refractivity contribution in [1.82, 2.24) is 0 Å². The Morgan fingerprint density at radius 2 is 2.25 bits per heavy atom. The molecule has 1 rings (SSSR count). The van der Waals surface area contributed by atoms with Gasteiger partial charge >= 0.3 is 5.97 Å². The maximum atomic E-state index is 11.4. The van der Waals surface area contributed by atoms with Crippen LogP contribution in [0.2, 0.25) is 0 Å². The number of nitrogens with zero attached hydrogens (tertiary/aromatic N) is 1. The van der Waals surface area contributed by atoms with E-state index >= 15 is 0 Å². The molecule has 0 aromatic carbocycles. The largest absolute Gasteiger partial charge is 0.462 e. The van der Waals surface area contributed by atoms with Gasteiger partial charge in [-0.2, -0.15) is 5.26 Å². The smallest absolute Gasteiger partial charge is 0.349 e. The van der Waals surface area contributed by atoms with Crippen molar-refractivity contribution >= 4 is 46.8 Å². The van der Waals surface area contributed by atoms with E-state index in [4.69, 9.17) is 49.2 Å². The fraction of sp³-hybridized carbons (Fsp3) is 0.333. The van der Waals surface area contributed by atoms with Crippen LogP contribution in [0.3, 0.4) is 0 Å². The average molecular weight is 339 g/mol. The van der Waals surface area contributed by atoms with Crippen LogP contribution in [0.25, 0.3) is 6.08 Å². The highest BCUT2D eigenvalue weighted by atomic mass is 35.6. The first-order chi connectivity index (χ1) is 9.29. The number of carbonyl (C=O) groups excluding carboxylic acids is 1. The molecule has 0 aliphatic rings. The molecule has 0 bridgehead atoms. The summed E-state index contributed by atoms with van der Waals surface area (Å²) < 4.78 is 7.94. The molecule has 0 radical (unpaired) electrons. The minimum atomic E-state index is -1.95. The molecule has 0 spiro atoms. The van der Waals surface area contributed by atoms with Crippen molar-refractivity contribution in [2.75, 3.05) is 6.61 Å². The summed E-state index contributed by atoms with van der Waals surface area (Å²) in [5, 5.41) is 18.5. The normalized spacial score (nSPS) is 13.7. The summed E-state index contributed by atoms with van der Waals surface area (Å²) in [6.07, 6.45) is -0.296. The van der Waals surface area contributed by atoms with Gasteiger partial charge in [-0.25, -0.2) is 4.79 Å². The van der Waals surface area contributed by atoms with Gasteiger partial charge in [0.25, 0.3) is 0 Å². The Bertz CT molecular complexity index is 554. The number of aliphatic hydroxyl groups is 1. The Morgan fingerprint density at radius 3 is 2.75 bits per heavy atom. The number of ether oxygens (including phenoxy) is 1. The van der Waals surface area contributed by atoms with E-state index in [0.717, 1.165) is 0 Å². The highest BCUT2D eigenvalue weighted by Crippen LogP contribution is 2.40. The third kappa shape index (κ3) is 4.43. The number of nitriles is 1. The van der Waals surface area contributed by atoms with Crippen molar-refractivity contribution in [2.24, 2.45) is 0 Å². The summed E-state index contributed by atoms with van der Waals surface area (Å²) >= 11 is 16.6. The van der Waals surface area contributed by atoms with Crippen LogP contribution in [0.5, 0.6) is 0 Å². The first kappa shape index (κ1) is 16.9. The van der Waals surface area contributed by atoms with Crippen molar-refractivity contribution < 1.29 is 19.1 Å². The molecule has 5 nitrogen and oxygen atoms in total. The Morgan fingerprint density at radius 1 is 1.60 bits per heavy atom. The molecule has 0 amide bonds. The lowest BCUT2D eigenvalue weighted by molar-refractivity contribution is -0.137. The first-order valence-corrected chi connectivity index (χ1v) is 6.56. The Hall–Kier alpha value is -1.19. The molecule has 108 valence electrons. The summed E-state index contributed by atoms with van der Waals surface area (Å²) in [7, 11) is 0. The average Bonchev–Trinajstić information content (AvgIpc) is 2.82. The molecule has 1 heterocycles. The van der Waals surface area contributed by atoms with Gasteiger partial charge in [-0.05, 0) is 19.1 Å². The summed E-state index contributed by atoms with van der Waals surface area (Å²) in [6, 6.07) is 4.49. The van der Waals surface area contributed by atoms with Crippen LogP contribution in [0.15, 0.2) is 22.1 Å². The van der Waals surface area contributed by atoms with E-state index in [1.807, 2.05) is 0 Å². The van der Waals surface area contributed by atoms with Crippen LogP contribution in [0.1, 0.15) is 24.5 Å². The SMILES string of the molecule is CCOC(=O)/C(C#N)=C\c1ccc([C@H](O)C(Cl)(Cl)Cl)o1. The molecular weight excluding hydrogens is 328 g/mol. The third-order valence-electron chi connectivity index (χ3n) is 2.13. The van der Waals surface area contributed by atoms with Gasteiger partial charge in [0.15, 0.2) is 6.10 Å². The summed E-state index contributed by atoms with van der Waals surface area (Å²) in [6.45, 7) is 1.77. The number of furan rings is 1. The quantitative estimate of drug-likeness (QED) is 0.394. The molecule has 0 fully saturated rings. The van der Waals surface area contributed by atoms with Crippen LogP contribution in [-0.4, -0.2) is 21.5 Å². The minimum Gasteiger partial charge on any atom is -0.462 e. The highest BCUT2D eigenvalue weighted by molar-refractivity contribution is 6.67. The second kappa shape index (κ2) is 7.00. The van der Waals surface area contributed by atoms with Gasteiger partial charge in [0.2, 0.25) is 3.79 Å². The Labute approximate surface area is 130 Å². The number of rotatable bonds is 4.